The molecular weight excluding hydrogens is 444 g/mol. The summed E-state index contributed by atoms with van der Waals surface area (Å²) in [4.78, 5) is 2.11. The first-order valence-electron chi connectivity index (χ1n) is 10.3. The molecule has 0 fully saturated rings. The maximum atomic E-state index is 3.55. The summed E-state index contributed by atoms with van der Waals surface area (Å²) < 4.78 is 3.33. The quantitative estimate of drug-likeness (QED) is 0.290. The Bertz CT molecular complexity index is 1190. The van der Waals surface area contributed by atoms with Gasteiger partial charge >= 0.3 is 0 Å². The average molecular weight is 470 g/mol. The molecule has 0 N–H and O–H groups in total. The molecule has 3 heteroatoms. The summed E-state index contributed by atoms with van der Waals surface area (Å²) in [7, 11) is 6.24. The van der Waals surface area contributed by atoms with Crippen molar-refractivity contribution in [2.24, 2.45) is 7.05 Å². The molecule has 0 saturated heterocycles. The lowest BCUT2D eigenvalue weighted by atomic mass is 10.0. The van der Waals surface area contributed by atoms with Gasteiger partial charge in [0.15, 0.2) is 0 Å². The Balaban J connectivity index is 1.78. The van der Waals surface area contributed by atoms with Crippen LogP contribution in [-0.4, -0.2) is 14.1 Å². The van der Waals surface area contributed by atoms with Gasteiger partial charge in [-0.25, -0.2) is 0 Å². The van der Waals surface area contributed by atoms with Crippen molar-refractivity contribution in [3.05, 3.63) is 107 Å². The van der Waals surface area contributed by atoms with Gasteiger partial charge in [0.05, 0.1) is 0 Å². The van der Waals surface area contributed by atoms with Crippen molar-refractivity contribution in [2.75, 3.05) is 19.0 Å². The van der Waals surface area contributed by atoms with Crippen molar-refractivity contribution in [1.82, 2.24) is 0 Å². The van der Waals surface area contributed by atoms with Gasteiger partial charge < -0.3 is 4.90 Å². The van der Waals surface area contributed by atoms with Crippen LogP contribution in [0.4, 0.5) is 5.69 Å². The van der Waals surface area contributed by atoms with Crippen LogP contribution in [0, 0.1) is 0 Å². The second-order valence-electron chi connectivity index (χ2n) is 7.81. The highest BCUT2D eigenvalue weighted by Crippen LogP contribution is 2.26. The minimum atomic E-state index is 1.08. The molecule has 2 nitrogen and oxygen atoms in total. The molecule has 0 unspecified atom stereocenters. The van der Waals surface area contributed by atoms with Gasteiger partial charge in [0.2, 0.25) is 11.4 Å². The van der Waals surface area contributed by atoms with E-state index in [9.17, 15) is 0 Å². The van der Waals surface area contributed by atoms with Crippen LogP contribution in [0.5, 0.6) is 0 Å². The first-order valence-corrected chi connectivity index (χ1v) is 11.1. The van der Waals surface area contributed by atoms with Crippen molar-refractivity contribution in [2.45, 2.75) is 0 Å². The SMILES string of the molecule is CN(C)c1ccc(C=Cc2cc(-c3ccccc3)cc(-c3ccc(Br)cc3)[n+]2C)cc1. The molecule has 0 atom stereocenters. The Kier molecular flexibility index (Phi) is 6.34. The van der Waals surface area contributed by atoms with Crippen LogP contribution in [0.25, 0.3) is 34.5 Å². The minimum absolute atomic E-state index is 1.08. The van der Waals surface area contributed by atoms with Crippen LogP contribution in [-0.2, 0) is 7.05 Å². The highest BCUT2D eigenvalue weighted by molar-refractivity contribution is 9.10. The average Bonchev–Trinajstić information content (AvgIpc) is 2.80. The summed E-state index contributed by atoms with van der Waals surface area (Å²) in [6, 6.07) is 32.2. The summed E-state index contributed by atoms with van der Waals surface area (Å²) >= 11 is 3.55. The molecule has 0 aliphatic carbocycles. The molecule has 1 aromatic heterocycles. The van der Waals surface area contributed by atoms with Crippen molar-refractivity contribution >= 4 is 33.8 Å². The number of pyridine rings is 1. The summed E-state index contributed by atoms with van der Waals surface area (Å²) in [6.07, 6.45) is 4.37. The fraction of sp³-hybridized carbons (Fsp3) is 0.107. The number of hydrogen-bond acceptors (Lipinski definition) is 1. The van der Waals surface area contributed by atoms with E-state index in [1.54, 1.807) is 0 Å². The van der Waals surface area contributed by atoms with Crippen LogP contribution in [0.3, 0.4) is 0 Å². The summed E-state index contributed by atoms with van der Waals surface area (Å²) in [5.74, 6) is 0. The molecule has 1 heterocycles. The third kappa shape index (κ3) is 4.95. The summed E-state index contributed by atoms with van der Waals surface area (Å²) in [5.41, 5.74) is 8.32. The molecule has 0 amide bonds. The van der Waals surface area contributed by atoms with Gasteiger partial charge in [0.25, 0.3) is 0 Å². The van der Waals surface area contributed by atoms with Gasteiger partial charge in [-0.1, -0.05) is 58.4 Å². The first-order chi connectivity index (χ1) is 15.0. The second kappa shape index (κ2) is 9.32. The number of nitrogens with zero attached hydrogens (tertiary/aromatic N) is 2. The van der Waals surface area contributed by atoms with Crippen LogP contribution in [0.2, 0.25) is 0 Å². The number of rotatable bonds is 5. The van der Waals surface area contributed by atoms with Crippen molar-refractivity contribution < 1.29 is 4.57 Å². The Labute approximate surface area is 193 Å². The zero-order valence-electron chi connectivity index (χ0n) is 18.1. The van der Waals surface area contributed by atoms with E-state index in [4.69, 9.17) is 0 Å². The van der Waals surface area contributed by atoms with E-state index in [1.165, 1.54) is 33.6 Å². The molecule has 31 heavy (non-hydrogen) atoms. The summed E-state index contributed by atoms with van der Waals surface area (Å²) in [5, 5.41) is 0. The smallest absolute Gasteiger partial charge is 0.213 e. The normalized spacial score (nSPS) is 11.1. The molecule has 3 aromatic carbocycles. The van der Waals surface area contributed by atoms with E-state index in [2.05, 4.69) is 150 Å². The van der Waals surface area contributed by atoms with Crippen molar-refractivity contribution in [3.8, 4) is 22.4 Å². The maximum Gasteiger partial charge on any atom is 0.213 e. The lowest BCUT2D eigenvalue weighted by Gasteiger charge is -2.11. The van der Waals surface area contributed by atoms with E-state index in [1.807, 2.05) is 0 Å². The monoisotopic (exact) mass is 469 g/mol. The number of hydrogen-bond donors (Lipinski definition) is 0. The molecule has 154 valence electrons. The minimum Gasteiger partial charge on any atom is -0.378 e. The zero-order valence-corrected chi connectivity index (χ0v) is 19.7. The first kappa shape index (κ1) is 21.1. The number of benzene rings is 3. The Hall–Kier alpha value is -3.17. The number of anilines is 1. The van der Waals surface area contributed by atoms with E-state index in [0.29, 0.717) is 0 Å². The molecular formula is C28H26BrN2+. The second-order valence-corrected chi connectivity index (χ2v) is 8.72. The molecule has 4 rings (SSSR count). The predicted octanol–water partition coefficient (Wildman–Crippen LogP) is 6.84. The Morgan fingerprint density at radius 2 is 1.39 bits per heavy atom. The van der Waals surface area contributed by atoms with Crippen molar-refractivity contribution in [1.29, 1.82) is 0 Å². The van der Waals surface area contributed by atoms with E-state index < -0.39 is 0 Å². The third-order valence-electron chi connectivity index (χ3n) is 5.45. The molecule has 0 aliphatic heterocycles. The topological polar surface area (TPSA) is 7.12 Å². The molecule has 0 saturated carbocycles. The highest BCUT2D eigenvalue weighted by atomic mass is 79.9. The van der Waals surface area contributed by atoms with Crippen LogP contribution >= 0.6 is 15.9 Å². The number of halogens is 1. The van der Waals surface area contributed by atoms with Gasteiger partial charge in [-0.2, -0.15) is 4.57 Å². The van der Waals surface area contributed by atoms with E-state index in [0.717, 1.165) is 10.2 Å². The van der Waals surface area contributed by atoms with E-state index in [-0.39, 0.29) is 0 Å². The molecule has 0 radical (unpaired) electrons. The lowest BCUT2D eigenvalue weighted by Crippen LogP contribution is -2.34. The van der Waals surface area contributed by atoms with E-state index >= 15 is 0 Å². The fourth-order valence-corrected chi connectivity index (χ4v) is 3.87. The van der Waals surface area contributed by atoms with Crippen molar-refractivity contribution in [3.63, 3.8) is 0 Å². The maximum absolute atomic E-state index is 3.55. The highest BCUT2D eigenvalue weighted by Gasteiger charge is 2.16. The van der Waals surface area contributed by atoms with Gasteiger partial charge in [-0.3, -0.25) is 0 Å². The largest absolute Gasteiger partial charge is 0.378 e. The van der Waals surface area contributed by atoms with Crippen LogP contribution in [0.15, 0.2) is 95.5 Å². The van der Waals surface area contributed by atoms with Gasteiger partial charge in [-0.05, 0) is 59.2 Å². The molecule has 0 bridgehead atoms. The third-order valence-corrected chi connectivity index (χ3v) is 5.98. The standard InChI is InChI=1S/C28H26BrN2/c1-30(2)26-16-9-21(10-17-26)11-18-27-19-24(22-7-5-4-6-8-22)20-28(31(27)3)23-12-14-25(29)15-13-23/h4-20H,1-3H3/q+1. The van der Waals surface area contributed by atoms with Crippen LogP contribution < -0.4 is 9.47 Å². The van der Waals surface area contributed by atoms with Crippen LogP contribution in [0.1, 0.15) is 11.3 Å². The predicted molar refractivity (Wildman–Crippen MR) is 136 cm³/mol. The Morgan fingerprint density at radius 3 is 2.03 bits per heavy atom. The Morgan fingerprint density at radius 1 is 0.710 bits per heavy atom. The van der Waals surface area contributed by atoms with Gasteiger partial charge in [0, 0.05) is 48.0 Å². The number of aromatic nitrogens is 1. The molecule has 0 aliphatic rings. The fourth-order valence-electron chi connectivity index (χ4n) is 3.60. The summed E-state index contributed by atoms with van der Waals surface area (Å²) in [6.45, 7) is 0. The molecule has 4 aromatic rings. The molecule has 0 spiro atoms. The zero-order chi connectivity index (χ0) is 21.8. The van der Waals surface area contributed by atoms with Gasteiger partial charge in [-0.15, -0.1) is 0 Å². The van der Waals surface area contributed by atoms with Gasteiger partial charge in [0.1, 0.15) is 7.05 Å². The lowest BCUT2D eigenvalue weighted by molar-refractivity contribution is -0.662.